The van der Waals surface area contributed by atoms with E-state index in [1.54, 1.807) is 6.07 Å². The largest absolute Gasteiger partial charge is 0.253 e. The van der Waals surface area contributed by atoms with Crippen LogP contribution in [0.25, 0.3) is 0 Å². The second-order valence-electron chi connectivity index (χ2n) is 6.59. The van der Waals surface area contributed by atoms with E-state index in [-0.39, 0.29) is 11.5 Å². The number of alkyl halides is 2. The summed E-state index contributed by atoms with van der Waals surface area (Å²) in [5.74, 6) is 3.99. The van der Waals surface area contributed by atoms with Crippen LogP contribution in [0.5, 0.6) is 0 Å². The van der Waals surface area contributed by atoms with Crippen LogP contribution in [0.15, 0.2) is 22.0 Å². The highest BCUT2D eigenvalue weighted by Crippen LogP contribution is 2.45. The molecule has 122 valence electrons. The molecule has 1 aliphatic carbocycles. The third-order valence-corrected chi connectivity index (χ3v) is 6.45. The highest BCUT2D eigenvalue weighted by Gasteiger charge is 2.43. The summed E-state index contributed by atoms with van der Waals surface area (Å²) in [6, 6.07) is 3.14. The van der Waals surface area contributed by atoms with Crippen molar-refractivity contribution in [3.63, 3.8) is 0 Å². The van der Waals surface area contributed by atoms with Gasteiger partial charge in [0, 0.05) is 16.4 Å². The molecule has 1 nitrogen and oxygen atoms in total. The summed E-state index contributed by atoms with van der Waals surface area (Å²) in [6.45, 7) is 6.71. The van der Waals surface area contributed by atoms with Gasteiger partial charge >= 0.3 is 0 Å². The maximum atomic E-state index is 14.2. The van der Waals surface area contributed by atoms with Crippen LogP contribution in [0.1, 0.15) is 39.2 Å². The third kappa shape index (κ3) is 4.17. The Hall–Kier alpha value is -0.740. The fourth-order valence-corrected chi connectivity index (χ4v) is 4.20. The molecule has 2 rings (SSSR count). The predicted molar refractivity (Wildman–Crippen MR) is 94.8 cm³/mol. The first-order valence-corrected chi connectivity index (χ1v) is 9.20. The molecule has 0 heterocycles. The van der Waals surface area contributed by atoms with Gasteiger partial charge in [0.1, 0.15) is 11.5 Å². The summed E-state index contributed by atoms with van der Waals surface area (Å²) in [5, 5.41) is 0. The molecular formula is C17H22ClF2NS. The Morgan fingerprint density at radius 3 is 2.55 bits per heavy atom. The second-order valence-corrected chi connectivity index (χ2v) is 9.03. The fourth-order valence-electron chi connectivity index (χ4n) is 2.28. The first kappa shape index (κ1) is 17.6. The zero-order valence-electron chi connectivity index (χ0n) is 13.5. The topological polar surface area (TPSA) is 12.4 Å². The standard InChI is InChI=1S/C17H22ClF2NS/c1-11-8-13(19)14(21-12(2)17(18)6-7-17)9-15(11)22(5)10-16(3,4)20/h8-9H,5-7,10H2,1-4H3. The predicted octanol–water partition coefficient (Wildman–Crippen LogP) is 5.81. The van der Waals surface area contributed by atoms with Crippen LogP contribution in [0, 0.1) is 12.7 Å². The quantitative estimate of drug-likeness (QED) is 0.363. The second kappa shape index (κ2) is 6.04. The van der Waals surface area contributed by atoms with Crippen molar-refractivity contribution >= 4 is 39.4 Å². The Kier molecular flexibility index (Phi) is 4.84. The van der Waals surface area contributed by atoms with Crippen LogP contribution < -0.4 is 0 Å². The van der Waals surface area contributed by atoms with Gasteiger partial charge in [-0.3, -0.25) is 4.99 Å². The highest BCUT2D eigenvalue weighted by atomic mass is 35.5. The summed E-state index contributed by atoms with van der Waals surface area (Å²) in [7, 11) is -0.547. The van der Waals surface area contributed by atoms with Crippen molar-refractivity contribution in [2.75, 3.05) is 5.75 Å². The number of aryl methyl sites for hydroxylation is 1. The molecule has 0 saturated heterocycles. The van der Waals surface area contributed by atoms with E-state index in [4.69, 9.17) is 11.6 Å². The van der Waals surface area contributed by atoms with Crippen molar-refractivity contribution in [1.29, 1.82) is 0 Å². The molecule has 0 amide bonds. The van der Waals surface area contributed by atoms with Gasteiger partial charge in [-0.05, 0) is 58.2 Å². The Bertz CT molecular complexity index is 643. The molecule has 1 saturated carbocycles. The number of benzene rings is 1. The van der Waals surface area contributed by atoms with Crippen LogP contribution in [0.4, 0.5) is 14.5 Å². The molecule has 0 bridgehead atoms. The molecule has 1 fully saturated rings. The van der Waals surface area contributed by atoms with Gasteiger partial charge in [0.25, 0.3) is 0 Å². The van der Waals surface area contributed by atoms with E-state index in [1.807, 2.05) is 13.8 Å². The number of hydrogen-bond donors (Lipinski definition) is 0. The Labute approximate surface area is 138 Å². The Morgan fingerprint density at radius 2 is 2.05 bits per heavy atom. The minimum absolute atomic E-state index is 0.267. The van der Waals surface area contributed by atoms with Gasteiger partial charge in [-0.1, -0.05) is 5.87 Å². The average molecular weight is 346 g/mol. The Balaban J connectivity index is 2.37. The van der Waals surface area contributed by atoms with Gasteiger partial charge in [0.2, 0.25) is 0 Å². The molecule has 1 aliphatic rings. The lowest BCUT2D eigenvalue weighted by atomic mass is 10.2. The first-order valence-electron chi connectivity index (χ1n) is 7.26. The van der Waals surface area contributed by atoms with Crippen LogP contribution in [-0.4, -0.2) is 27.9 Å². The molecule has 1 aromatic carbocycles. The molecule has 0 N–H and O–H groups in total. The van der Waals surface area contributed by atoms with Crippen molar-refractivity contribution < 1.29 is 8.78 Å². The normalized spacial score (nSPS) is 19.1. The van der Waals surface area contributed by atoms with Crippen molar-refractivity contribution in [2.24, 2.45) is 4.99 Å². The maximum absolute atomic E-state index is 14.2. The third-order valence-electron chi connectivity index (χ3n) is 3.70. The molecule has 5 heteroatoms. The molecule has 22 heavy (non-hydrogen) atoms. The lowest BCUT2D eigenvalue weighted by Gasteiger charge is -2.19. The van der Waals surface area contributed by atoms with Crippen molar-refractivity contribution in [3.05, 3.63) is 23.5 Å². The van der Waals surface area contributed by atoms with Crippen LogP contribution in [0.3, 0.4) is 0 Å². The Morgan fingerprint density at radius 1 is 1.45 bits per heavy atom. The molecule has 0 aliphatic heterocycles. The fraction of sp³-hybridized carbons (Fsp3) is 0.529. The van der Waals surface area contributed by atoms with E-state index >= 15 is 0 Å². The van der Waals surface area contributed by atoms with E-state index in [0.29, 0.717) is 5.75 Å². The maximum Gasteiger partial charge on any atom is 0.149 e. The monoisotopic (exact) mass is 345 g/mol. The number of hydrogen-bond acceptors (Lipinski definition) is 1. The SMILES string of the molecule is C=S(CC(C)(C)F)c1cc(N=C(C)C2(Cl)CC2)c(F)cc1C. The van der Waals surface area contributed by atoms with E-state index in [9.17, 15) is 8.78 Å². The van der Waals surface area contributed by atoms with Gasteiger partial charge in [-0.25, -0.2) is 8.78 Å². The van der Waals surface area contributed by atoms with Gasteiger partial charge in [-0.2, -0.15) is 10.5 Å². The van der Waals surface area contributed by atoms with Crippen molar-refractivity contribution in [2.45, 2.75) is 56.0 Å². The van der Waals surface area contributed by atoms with Gasteiger partial charge in [0.05, 0.1) is 10.6 Å². The van der Waals surface area contributed by atoms with Crippen molar-refractivity contribution in [3.8, 4) is 0 Å². The number of halogens is 3. The smallest absolute Gasteiger partial charge is 0.149 e. The summed E-state index contributed by atoms with van der Waals surface area (Å²) in [5.41, 5.74) is 0.475. The molecular weight excluding hydrogens is 324 g/mol. The molecule has 1 atom stereocenters. The number of nitrogens with zero attached hydrogens (tertiary/aromatic N) is 1. The summed E-state index contributed by atoms with van der Waals surface area (Å²) in [4.78, 5) is 4.83. The average Bonchev–Trinajstić information content (AvgIpc) is 3.09. The van der Waals surface area contributed by atoms with E-state index in [2.05, 4.69) is 10.9 Å². The van der Waals surface area contributed by atoms with Gasteiger partial charge < -0.3 is 0 Å². The zero-order chi connectivity index (χ0) is 16.7. The van der Waals surface area contributed by atoms with E-state index in [0.717, 1.165) is 29.0 Å². The van der Waals surface area contributed by atoms with Crippen LogP contribution >= 0.6 is 22.1 Å². The highest BCUT2D eigenvalue weighted by molar-refractivity contribution is 8.14. The molecule has 0 radical (unpaired) electrons. The minimum Gasteiger partial charge on any atom is -0.253 e. The lowest BCUT2D eigenvalue weighted by Crippen LogP contribution is -2.16. The summed E-state index contributed by atoms with van der Waals surface area (Å²) < 4.78 is 28.0. The summed E-state index contributed by atoms with van der Waals surface area (Å²) >= 11 is 6.30. The molecule has 1 aromatic rings. The lowest BCUT2D eigenvalue weighted by molar-refractivity contribution is 0.252. The first-order chi connectivity index (χ1) is 10.0. The molecule has 0 spiro atoms. The molecule has 0 aromatic heterocycles. The van der Waals surface area contributed by atoms with Gasteiger partial charge in [0.15, 0.2) is 0 Å². The minimum atomic E-state index is -1.31. The van der Waals surface area contributed by atoms with Crippen molar-refractivity contribution in [1.82, 2.24) is 0 Å². The van der Waals surface area contributed by atoms with Gasteiger partial charge in [-0.15, -0.1) is 11.6 Å². The van der Waals surface area contributed by atoms with Crippen LogP contribution in [-0.2, 0) is 0 Å². The zero-order valence-corrected chi connectivity index (χ0v) is 15.0. The molecule has 1 unspecified atom stereocenters. The number of rotatable bonds is 5. The van der Waals surface area contributed by atoms with Crippen LogP contribution in [0.2, 0.25) is 0 Å². The number of aliphatic imine (C=N–C) groups is 1. The van der Waals surface area contributed by atoms with E-state index < -0.39 is 21.0 Å². The summed E-state index contributed by atoms with van der Waals surface area (Å²) in [6.07, 6.45) is 1.75. The van der Waals surface area contributed by atoms with E-state index in [1.165, 1.54) is 19.9 Å².